The monoisotopic (exact) mass is 313 g/mol. The van der Waals surface area contributed by atoms with Gasteiger partial charge in [0.15, 0.2) is 11.0 Å². The summed E-state index contributed by atoms with van der Waals surface area (Å²) in [6.45, 7) is 1.80. The fraction of sp³-hybridized carbons (Fsp3) is 0.200. The second-order valence-electron chi connectivity index (χ2n) is 4.85. The molecule has 0 atom stereocenters. The maximum Gasteiger partial charge on any atom is 0.251 e. The van der Waals surface area contributed by atoms with E-state index >= 15 is 0 Å². The Morgan fingerprint density at radius 3 is 2.73 bits per heavy atom. The van der Waals surface area contributed by atoms with Crippen LogP contribution in [0.5, 0.6) is 0 Å². The minimum absolute atomic E-state index is 0.133. The quantitative estimate of drug-likeness (QED) is 0.747. The Balaban J connectivity index is 1.79. The first-order chi connectivity index (χ1) is 10.6. The molecule has 3 rings (SSSR count). The molecule has 0 aliphatic heterocycles. The van der Waals surface area contributed by atoms with Crippen LogP contribution in [0.1, 0.15) is 11.5 Å². The van der Waals surface area contributed by atoms with Crippen molar-refractivity contribution in [3.05, 3.63) is 58.3 Å². The van der Waals surface area contributed by atoms with E-state index in [1.807, 2.05) is 41.9 Å². The number of hydrogen-bond acceptors (Lipinski definition) is 5. The Bertz CT molecular complexity index is 841. The highest BCUT2D eigenvalue weighted by Gasteiger charge is 2.11. The predicted octanol–water partition coefficient (Wildman–Crippen LogP) is 2.17. The SMILES string of the molecule is Cc1cc(=O)[nH]c(CSc2nnc(-c3ccccc3)n2C)n1. The second-order valence-corrected chi connectivity index (χ2v) is 5.80. The molecule has 112 valence electrons. The lowest BCUT2D eigenvalue weighted by atomic mass is 10.2. The maximum absolute atomic E-state index is 11.4. The molecule has 0 amide bonds. The van der Waals surface area contributed by atoms with Crippen molar-refractivity contribution in [2.24, 2.45) is 7.05 Å². The molecule has 0 aliphatic rings. The summed E-state index contributed by atoms with van der Waals surface area (Å²) in [5, 5.41) is 9.22. The van der Waals surface area contributed by atoms with Crippen LogP contribution in [0.15, 0.2) is 46.3 Å². The van der Waals surface area contributed by atoms with Crippen molar-refractivity contribution < 1.29 is 0 Å². The standard InChI is InChI=1S/C15H15N5OS/c1-10-8-13(21)17-12(16-10)9-22-15-19-18-14(20(15)2)11-6-4-3-5-7-11/h3-8H,9H2,1-2H3,(H,16,17,21). The number of thioether (sulfide) groups is 1. The summed E-state index contributed by atoms with van der Waals surface area (Å²) in [4.78, 5) is 18.5. The van der Waals surface area contributed by atoms with E-state index in [1.165, 1.54) is 17.8 Å². The molecule has 0 saturated carbocycles. The highest BCUT2D eigenvalue weighted by atomic mass is 32.2. The van der Waals surface area contributed by atoms with E-state index in [2.05, 4.69) is 20.2 Å². The van der Waals surface area contributed by atoms with Crippen LogP contribution in [0.25, 0.3) is 11.4 Å². The Kier molecular flexibility index (Phi) is 4.06. The van der Waals surface area contributed by atoms with Crippen LogP contribution in [0.3, 0.4) is 0 Å². The molecule has 7 heteroatoms. The van der Waals surface area contributed by atoms with Gasteiger partial charge in [0, 0.05) is 24.4 Å². The fourth-order valence-corrected chi connectivity index (χ4v) is 2.90. The zero-order valence-corrected chi connectivity index (χ0v) is 13.1. The first-order valence-electron chi connectivity index (χ1n) is 6.78. The van der Waals surface area contributed by atoms with Gasteiger partial charge in [-0.25, -0.2) is 4.98 Å². The van der Waals surface area contributed by atoms with Crippen molar-refractivity contribution in [2.45, 2.75) is 17.8 Å². The second kappa shape index (κ2) is 6.15. The minimum atomic E-state index is -0.133. The zero-order valence-electron chi connectivity index (χ0n) is 12.3. The van der Waals surface area contributed by atoms with Crippen LogP contribution >= 0.6 is 11.8 Å². The molecule has 0 aliphatic carbocycles. The van der Waals surface area contributed by atoms with Crippen molar-refractivity contribution in [3.8, 4) is 11.4 Å². The first kappa shape index (κ1) is 14.5. The third kappa shape index (κ3) is 3.09. The van der Waals surface area contributed by atoms with Crippen LogP contribution in [0.4, 0.5) is 0 Å². The Hall–Kier alpha value is -2.41. The van der Waals surface area contributed by atoms with Crippen LogP contribution in [-0.4, -0.2) is 24.7 Å². The third-order valence-electron chi connectivity index (χ3n) is 3.12. The van der Waals surface area contributed by atoms with Crippen LogP contribution in [-0.2, 0) is 12.8 Å². The number of H-pyrrole nitrogens is 1. The van der Waals surface area contributed by atoms with E-state index < -0.39 is 0 Å². The van der Waals surface area contributed by atoms with Gasteiger partial charge < -0.3 is 9.55 Å². The third-order valence-corrected chi connectivity index (χ3v) is 4.16. The minimum Gasteiger partial charge on any atom is -0.310 e. The van der Waals surface area contributed by atoms with Crippen LogP contribution < -0.4 is 5.56 Å². The van der Waals surface area contributed by atoms with Gasteiger partial charge in [-0.1, -0.05) is 42.1 Å². The van der Waals surface area contributed by atoms with Gasteiger partial charge in [-0.05, 0) is 6.92 Å². The molecule has 1 aromatic carbocycles. The predicted molar refractivity (Wildman–Crippen MR) is 85.6 cm³/mol. The van der Waals surface area contributed by atoms with Crippen molar-refractivity contribution in [2.75, 3.05) is 0 Å². The van der Waals surface area contributed by atoms with Gasteiger partial charge in [-0.15, -0.1) is 10.2 Å². The molecule has 0 saturated heterocycles. The molecule has 0 radical (unpaired) electrons. The molecular formula is C15H15N5OS. The van der Waals surface area contributed by atoms with Crippen molar-refractivity contribution >= 4 is 11.8 Å². The van der Waals surface area contributed by atoms with Crippen molar-refractivity contribution in [3.63, 3.8) is 0 Å². The zero-order chi connectivity index (χ0) is 15.5. The number of rotatable bonds is 4. The van der Waals surface area contributed by atoms with E-state index in [1.54, 1.807) is 6.92 Å². The smallest absolute Gasteiger partial charge is 0.251 e. The molecule has 0 bridgehead atoms. The number of aryl methyl sites for hydroxylation is 1. The molecule has 22 heavy (non-hydrogen) atoms. The van der Waals surface area contributed by atoms with E-state index in [-0.39, 0.29) is 5.56 Å². The Morgan fingerprint density at radius 1 is 1.23 bits per heavy atom. The Labute approximate surface area is 131 Å². The van der Waals surface area contributed by atoms with Gasteiger partial charge in [-0.2, -0.15) is 0 Å². The number of benzene rings is 1. The summed E-state index contributed by atoms with van der Waals surface area (Å²) in [5.74, 6) is 1.99. The number of aromatic nitrogens is 5. The van der Waals surface area contributed by atoms with E-state index in [4.69, 9.17) is 0 Å². The van der Waals surface area contributed by atoms with Gasteiger partial charge in [0.05, 0.1) is 5.75 Å². The number of hydrogen-bond donors (Lipinski definition) is 1. The van der Waals surface area contributed by atoms with E-state index in [0.29, 0.717) is 17.3 Å². The lowest BCUT2D eigenvalue weighted by molar-refractivity contribution is 0.792. The van der Waals surface area contributed by atoms with E-state index in [0.717, 1.165) is 16.5 Å². The van der Waals surface area contributed by atoms with Gasteiger partial charge >= 0.3 is 0 Å². The molecule has 0 unspecified atom stereocenters. The summed E-state index contributed by atoms with van der Waals surface area (Å²) in [6, 6.07) is 11.4. The van der Waals surface area contributed by atoms with Crippen LogP contribution in [0, 0.1) is 6.92 Å². The lowest BCUT2D eigenvalue weighted by Crippen LogP contribution is -2.10. The van der Waals surface area contributed by atoms with E-state index in [9.17, 15) is 4.79 Å². The molecule has 0 fully saturated rings. The molecule has 3 aromatic rings. The summed E-state index contributed by atoms with van der Waals surface area (Å²) >= 11 is 1.49. The lowest BCUT2D eigenvalue weighted by Gasteiger charge is -2.04. The first-order valence-corrected chi connectivity index (χ1v) is 7.76. The number of aromatic amines is 1. The van der Waals surface area contributed by atoms with Gasteiger partial charge in [0.1, 0.15) is 5.82 Å². The van der Waals surface area contributed by atoms with Crippen molar-refractivity contribution in [1.29, 1.82) is 0 Å². The molecule has 2 heterocycles. The molecular weight excluding hydrogens is 298 g/mol. The van der Waals surface area contributed by atoms with Gasteiger partial charge in [-0.3, -0.25) is 4.79 Å². The normalized spacial score (nSPS) is 10.8. The number of nitrogens with zero attached hydrogens (tertiary/aromatic N) is 4. The average molecular weight is 313 g/mol. The maximum atomic E-state index is 11.4. The summed E-state index contributed by atoms with van der Waals surface area (Å²) in [5.41, 5.74) is 1.60. The molecule has 6 nitrogen and oxygen atoms in total. The largest absolute Gasteiger partial charge is 0.310 e. The average Bonchev–Trinajstić information content (AvgIpc) is 2.86. The number of nitrogens with one attached hydrogen (secondary N) is 1. The highest BCUT2D eigenvalue weighted by Crippen LogP contribution is 2.23. The fourth-order valence-electron chi connectivity index (χ4n) is 2.12. The molecule has 2 aromatic heterocycles. The van der Waals surface area contributed by atoms with Gasteiger partial charge in [0.2, 0.25) is 0 Å². The topological polar surface area (TPSA) is 76.5 Å². The summed E-state index contributed by atoms with van der Waals surface area (Å²) < 4.78 is 1.94. The highest BCUT2D eigenvalue weighted by molar-refractivity contribution is 7.98. The summed E-state index contributed by atoms with van der Waals surface area (Å²) in [6.07, 6.45) is 0. The summed E-state index contributed by atoms with van der Waals surface area (Å²) in [7, 11) is 1.93. The molecule has 1 N–H and O–H groups in total. The Morgan fingerprint density at radius 2 is 2.00 bits per heavy atom. The molecule has 0 spiro atoms. The van der Waals surface area contributed by atoms with Crippen molar-refractivity contribution in [1.82, 2.24) is 24.7 Å². The van der Waals surface area contributed by atoms with Gasteiger partial charge in [0.25, 0.3) is 5.56 Å². The van der Waals surface area contributed by atoms with Crippen LogP contribution in [0.2, 0.25) is 0 Å².